The highest BCUT2D eigenvalue weighted by Crippen LogP contribution is 2.37. The van der Waals surface area contributed by atoms with Crippen LogP contribution in [0.5, 0.6) is 0 Å². The van der Waals surface area contributed by atoms with Gasteiger partial charge in [0.25, 0.3) is 0 Å². The summed E-state index contributed by atoms with van der Waals surface area (Å²) in [7, 11) is 0. The molecular weight excluding hydrogens is 244 g/mol. The molecule has 0 bridgehead atoms. The topological polar surface area (TPSA) is 24.9 Å². The number of nitrogens with zero attached hydrogens (tertiary/aromatic N) is 1. The van der Waals surface area contributed by atoms with Crippen molar-refractivity contribution in [2.75, 3.05) is 0 Å². The first-order valence-electron chi connectivity index (χ1n) is 7.82. The van der Waals surface area contributed by atoms with Crippen molar-refractivity contribution >= 4 is 0 Å². The Kier molecular flexibility index (Phi) is 5.40. The van der Waals surface area contributed by atoms with Crippen LogP contribution in [0.2, 0.25) is 0 Å². The average molecular weight is 270 g/mol. The van der Waals surface area contributed by atoms with Gasteiger partial charge in [0, 0.05) is 17.8 Å². The lowest BCUT2D eigenvalue weighted by Gasteiger charge is -2.33. The molecule has 2 heteroatoms. The van der Waals surface area contributed by atoms with Gasteiger partial charge in [0.15, 0.2) is 0 Å². The first kappa shape index (κ1) is 14.8. The fourth-order valence-electron chi connectivity index (χ4n) is 3.03. The van der Waals surface area contributed by atoms with Crippen LogP contribution in [-0.4, -0.2) is 4.98 Å². The zero-order chi connectivity index (χ0) is 14.3. The fraction of sp³-hybridized carbons (Fsp3) is 0.500. The second-order valence-corrected chi connectivity index (χ2v) is 5.73. The molecule has 0 spiro atoms. The third-order valence-electron chi connectivity index (χ3n) is 4.34. The molecule has 0 aliphatic carbocycles. The van der Waals surface area contributed by atoms with Crippen molar-refractivity contribution < 1.29 is 0 Å². The quantitative estimate of drug-likeness (QED) is 0.786. The van der Waals surface area contributed by atoms with E-state index in [9.17, 15) is 0 Å². The second kappa shape index (κ2) is 7.28. The Labute approximate surface area is 123 Å². The molecule has 1 N–H and O–H groups in total. The van der Waals surface area contributed by atoms with E-state index in [4.69, 9.17) is 0 Å². The highest BCUT2D eigenvalue weighted by atomic mass is 14.8. The predicted molar refractivity (Wildman–Crippen MR) is 85.3 cm³/mol. The van der Waals surface area contributed by atoms with E-state index in [0.29, 0.717) is 0 Å². The smallest absolute Gasteiger partial charge is 0.0349 e. The molecule has 2 rings (SSSR count). The van der Waals surface area contributed by atoms with Gasteiger partial charge in [-0.05, 0) is 42.4 Å². The average Bonchev–Trinajstić information content (AvgIpc) is 2.53. The molecular formula is C18H26N2. The third kappa shape index (κ3) is 3.50. The summed E-state index contributed by atoms with van der Waals surface area (Å²) in [6.07, 6.45) is 18.9. The SMILES string of the molecule is CCCCC(CC)CC1(c2ccncc2)C=CNC=C1. The Hall–Kier alpha value is -1.57. The first-order chi connectivity index (χ1) is 9.80. The van der Waals surface area contributed by atoms with Gasteiger partial charge in [-0.25, -0.2) is 0 Å². The zero-order valence-electron chi connectivity index (χ0n) is 12.7. The van der Waals surface area contributed by atoms with Crippen molar-refractivity contribution in [2.24, 2.45) is 5.92 Å². The highest BCUT2D eigenvalue weighted by molar-refractivity contribution is 5.37. The Morgan fingerprint density at radius 2 is 1.85 bits per heavy atom. The summed E-state index contributed by atoms with van der Waals surface area (Å²) in [6.45, 7) is 4.59. The van der Waals surface area contributed by atoms with E-state index in [1.807, 2.05) is 12.4 Å². The normalized spacial score (nSPS) is 17.7. The Bertz CT molecular complexity index is 436. The molecule has 1 atom stereocenters. The lowest BCUT2D eigenvalue weighted by atomic mass is 9.72. The standard InChI is InChI=1S/C18H26N2/c1-3-5-6-16(4-2)15-18(9-13-20-14-10-18)17-7-11-19-12-8-17/h7-14,16,20H,3-6,15H2,1-2H3. The summed E-state index contributed by atoms with van der Waals surface area (Å²) < 4.78 is 0. The number of dihydropyridines is 1. The van der Waals surface area contributed by atoms with E-state index >= 15 is 0 Å². The van der Waals surface area contributed by atoms with E-state index < -0.39 is 0 Å². The Morgan fingerprint density at radius 1 is 1.15 bits per heavy atom. The number of aromatic nitrogens is 1. The number of pyridine rings is 1. The predicted octanol–water partition coefficient (Wildman–Crippen LogP) is 4.56. The summed E-state index contributed by atoms with van der Waals surface area (Å²) >= 11 is 0. The van der Waals surface area contributed by atoms with Crippen molar-refractivity contribution in [3.63, 3.8) is 0 Å². The van der Waals surface area contributed by atoms with Crippen LogP contribution in [-0.2, 0) is 5.41 Å². The van der Waals surface area contributed by atoms with Gasteiger partial charge < -0.3 is 5.32 Å². The molecule has 1 aliphatic heterocycles. The molecule has 0 radical (unpaired) electrons. The maximum Gasteiger partial charge on any atom is 0.0349 e. The van der Waals surface area contributed by atoms with Gasteiger partial charge in [-0.3, -0.25) is 4.98 Å². The van der Waals surface area contributed by atoms with E-state index in [0.717, 1.165) is 5.92 Å². The molecule has 0 saturated carbocycles. The van der Waals surface area contributed by atoms with E-state index in [1.54, 1.807) is 0 Å². The van der Waals surface area contributed by atoms with Crippen LogP contribution in [0.4, 0.5) is 0 Å². The maximum atomic E-state index is 4.16. The van der Waals surface area contributed by atoms with Crippen LogP contribution in [0.3, 0.4) is 0 Å². The molecule has 0 saturated heterocycles. The molecule has 0 fully saturated rings. The third-order valence-corrected chi connectivity index (χ3v) is 4.34. The van der Waals surface area contributed by atoms with Gasteiger partial charge in [0.2, 0.25) is 0 Å². The molecule has 2 nitrogen and oxygen atoms in total. The minimum Gasteiger partial charge on any atom is -0.368 e. The summed E-state index contributed by atoms with van der Waals surface area (Å²) in [5, 5.41) is 3.17. The summed E-state index contributed by atoms with van der Waals surface area (Å²) in [5.74, 6) is 0.774. The molecule has 0 amide bonds. The van der Waals surface area contributed by atoms with Gasteiger partial charge in [-0.15, -0.1) is 0 Å². The Morgan fingerprint density at radius 3 is 2.45 bits per heavy atom. The molecule has 1 aromatic heterocycles. The largest absolute Gasteiger partial charge is 0.368 e. The summed E-state index contributed by atoms with van der Waals surface area (Å²) in [6, 6.07) is 4.29. The van der Waals surface area contributed by atoms with Crippen LogP contribution < -0.4 is 5.32 Å². The second-order valence-electron chi connectivity index (χ2n) is 5.73. The first-order valence-corrected chi connectivity index (χ1v) is 7.82. The van der Waals surface area contributed by atoms with Gasteiger partial charge in [-0.1, -0.05) is 51.7 Å². The maximum absolute atomic E-state index is 4.16. The van der Waals surface area contributed by atoms with Crippen molar-refractivity contribution in [2.45, 2.75) is 51.4 Å². The Balaban J connectivity index is 2.22. The molecule has 20 heavy (non-hydrogen) atoms. The molecule has 108 valence electrons. The van der Waals surface area contributed by atoms with Crippen LogP contribution in [0.1, 0.15) is 51.5 Å². The van der Waals surface area contributed by atoms with E-state index in [-0.39, 0.29) is 5.41 Å². The molecule has 1 unspecified atom stereocenters. The van der Waals surface area contributed by atoms with Gasteiger partial charge >= 0.3 is 0 Å². The monoisotopic (exact) mass is 270 g/mol. The lowest BCUT2D eigenvalue weighted by Crippen LogP contribution is -2.28. The molecule has 2 heterocycles. The number of allylic oxidation sites excluding steroid dienone is 2. The number of nitrogens with one attached hydrogen (secondary N) is 1. The number of hydrogen-bond acceptors (Lipinski definition) is 2. The van der Waals surface area contributed by atoms with Gasteiger partial charge in [0.05, 0.1) is 0 Å². The van der Waals surface area contributed by atoms with Crippen LogP contribution in [0.15, 0.2) is 49.1 Å². The van der Waals surface area contributed by atoms with Crippen molar-refractivity contribution in [3.8, 4) is 0 Å². The number of hydrogen-bond donors (Lipinski definition) is 1. The van der Waals surface area contributed by atoms with Crippen LogP contribution >= 0.6 is 0 Å². The van der Waals surface area contributed by atoms with Crippen molar-refractivity contribution in [1.82, 2.24) is 10.3 Å². The van der Waals surface area contributed by atoms with E-state index in [2.05, 4.69) is 60.8 Å². The minimum absolute atomic E-state index is 0.0304. The highest BCUT2D eigenvalue weighted by Gasteiger charge is 2.30. The van der Waals surface area contributed by atoms with Crippen molar-refractivity contribution in [3.05, 3.63) is 54.6 Å². The fourth-order valence-corrected chi connectivity index (χ4v) is 3.03. The lowest BCUT2D eigenvalue weighted by molar-refractivity contribution is 0.368. The summed E-state index contributed by atoms with van der Waals surface area (Å²) in [4.78, 5) is 4.16. The van der Waals surface area contributed by atoms with Crippen molar-refractivity contribution in [1.29, 1.82) is 0 Å². The molecule has 1 aliphatic rings. The van der Waals surface area contributed by atoms with Gasteiger partial charge in [0.1, 0.15) is 0 Å². The zero-order valence-corrected chi connectivity index (χ0v) is 12.7. The van der Waals surface area contributed by atoms with Crippen LogP contribution in [0.25, 0.3) is 0 Å². The number of unbranched alkanes of at least 4 members (excludes halogenated alkanes) is 1. The van der Waals surface area contributed by atoms with Gasteiger partial charge in [-0.2, -0.15) is 0 Å². The minimum atomic E-state index is 0.0304. The summed E-state index contributed by atoms with van der Waals surface area (Å²) in [5.41, 5.74) is 1.37. The number of rotatable bonds is 7. The van der Waals surface area contributed by atoms with E-state index in [1.165, 1.54) is 37.7 Å². The molecule has 0 aromatic carbocycles. The molecule has 1 aromatic rings. The van der Waals surface area contributed by atoms with Crippen LogP contribution in [0, 0.1) is 5.92 Å².